The number of halogens is 2. The molecule has 0 aliphatic heterocycles. The zero-order valence-corrected chi connectivity index (χ0v) is 18.6. The second kappa shape index (κ2) is 9.51. The maximum absolute atomic E-state index is 14.2. The van der Waals surface area contributed by atoms with E-state index in [-0.39, 0.29) is 6.54 Å². The molecule has 0 unspecified atom stereocenters. The molecule has 0 aromatic heterocycles. The molecule has 0 aliphatic rings. The largest absolute Gasteiger partial charge is 0.325 e. The summed E-state index contributed by atoms with van der Waals surface area (Å²) in [5, 5.41) is 2.70. The molecule has 0 atom stereocenters. The van der Waals surface area contributed by atoms with Gasteiger partial charge in [-0.2, -0.15) is 4.31 Å². The number of nitrogens with zero attached hydrogens (tertiary/aromatic N) is 1. The van der Waals surface area contributed by atoms with Gasteiger partial charge in [-0.25, -0.2) is 12.8 Å². The van der Waals surface area contributed by atoms with Gasteiger partial charge in [0, 0.05) is 16.7 Å². The average Bonchev–Trinajstić information content (AvgIpc) is 2.71. The molecule has 30 heavy (non-hydrogen) atoms. The van der Waals surface area contributed by atoms with E-state index in [2.05, 4.69) is 21.2 Å². The van der Waals surface area contributed by atoms with Crippen molar-refractivity contribution in [1.82, 2.24) is 4.31 Å². The number of hydrogen-bond donors (Lipinski definition) is 1. The first-order valence-corrected chi connectivity index (χ1v) is 11.4. The van der Waals surface area contributed by atoms with Gasteiger partial charge in [0.1, 0.15) is 10.7 Å². The summed E-state index contributed by atoms with van der Waals surface area (Å²) in [4.78, 5) is 12.2. The third-order valence-corrected chi connectivity index (χ3v) is 7.13. The number of carbonyl (C=O) groups is 1. The molecule has 3 aromatic rings. The Morgan fingerprint density at radius 3 is 2.37 bits per heavy atom. The summed E-state index contributed by atoms with van der Waals surface area (Å²) in [5.41, 5.74) is 2.15. The van der Waals surface area contributed by atoms with Gasteiger partial charge in [0.05, 0.1) is 6.54 Å². The molecule has 156 valence electrons. The molecular formula is C22H20BrFN2O3S. The lowest BCUT2D eigenvalue weighted by molar-refractivity contribution is -0.116. The number of anilines is 1. The number of rotatable bonds is 7. The third-order valence-electron chi connectivity index (χ3n) is 4.42. The van der Waals surface area contributed by atoms with E-state index in [0.29, 0.717) is 11.3 Å². The van der Waals surface area contributed by atoms with Crippen molar-refractivity contribution < 1.29 is 17.6 Å². The van der Waals surface area contributed by atoms with Crippen LogP contribution in [-0.2, 0) is 21.4 Å². The SMILES string of the molecule is Cc1cc(NC(=O)CN(Cc2ccccc2)S(=O)(=O)c2ccccc2F)ccc1Br. The van der Waals surface area contributed by atoms with Crippen LogP contribution in [-0.4, -0.2) is 25.2 Å². The molecule has 5 nitrogen and oxygen atoms in total. The zero-order chi connectivity index (χ0) is 21.7. The molecule has 3 rings (SSSR count). The van der Waals surface area contributed by atoms with Crippen LogP contribution in [0, 0.1) is 12.7 Å². The van der Waals surface area contributed by atoms with Gasteiger partial charge >= 0.3 is 0 Å². The highest BCUT2D eigenvalue weighted by Crippen LogP contribution is 2.22. The lowest BCUT2D eigenvalue weighted by Gasteiger charge is -2.22. The van der Waals surface area contributed by atoms with E-state index >= 15 is 0 Å². The molecule has 0 spiro atoms. The average molecular weight is 491 g/mol. The minimum absolute atomic E-state index is 0.0652. The van der Waals surface area contributed by atoms with Crippen LogP contribution in [0.1, 0.15) is 11.1 Å². The molecule has 1 amide bonds. The van der Waals surface area contributed by atoms with Crippen molar-refractivity contribution in [2.24, 2.45) is 0 Å². The molecule has 0 saturated carbocycles. The van der Waals surface area contributed by atoms with E-state index in [1.807, 2.05) is 13.0 Å². The van der Waals surface area contributed by atoms with Crippen LogP contribution in [0.15, 0.2) is 82.2 Å². The molecule has 0 heterocycles. The first-order chi connectivity index (χ1) is 14.3. The van der Waals surface area contributed by atoms with Gasteiger partial charge in [-0.15, -0.1) is 0 Å². The van der Waals surface area contributed by atoms with E-state index < -0.39 is 33.2 Å². The second-order valence-corrected chi connectivity index (χ2v) is 9.46. The van der Waals surface area contributed by atoms with E-state index in [1.165, 1.54) is 18.2 Å². The van der Waals surface area contributed by atoms with Crippen LogP contribution in [0.2, 0.25) is 0 Å². The Morgan fingerprint density at radius 1 is 1.03 bits per heavy atom. The van der Waals surface area contributed by atoms with Crippen LogP contribution >= 0.6 is 15.9 Å². The van der Waals surface area contributed by atoms with E-state index in [0.717, 1.165) is 20.4 Å². The lowest BCUT2D eigenvalue weighted by atomic mass is 10.2. The van der Waals surface area contributed by atoms with Crippen molar-refractivity contribution in [2.75, 3.05) is 11.9 Å². The Morgan fingerprint density at radius 2 is 1.70 bits per heavy atom. The third kappa shape index (κ3) is 5.33. The first kappa shape index (κ1) is 22.1. The molecule has 0 bridgehead atoms. The van der Waals surface area contributed by atoms with Gasteiger partial charge in [-0.3, -0.25) is 4.79 Å². The smallest absolute Gasteiger partial charge is 0.246 e. The van der Waals surface area contributed by atoms with Crippen molar-refractivity contribution >= 4 is 37.5 Å². The van der Waals surface area contributed by atoms with Crippen LogP contribution in [0.5, 0.6) is 0 Å². The summed E-state index contributed by atoms with van der Waals surface area (Å²) in [6.45, 7) is 1.36. The first-order valence-electron chi connectivity index (χ1n) is 9.12. The van der Waals surface area contributed by atoms with Crippen molar-refractivity contribution in [3.63, 3.8) is 0 Å². The Kier molecular flexibility index (Phi) is 7.02. The molecule has 8 heteroatoms. The minimum atomic E-state index is -4.24. The molecule has 1 N–H and O–H groups in total. The number of hydrogen-bond acceptors (Lipinski definition) is 3. The Balaban J connectivity index is 1.88. The van der Waals surface area contributed by atoms with Gasteiger partial charge in [-0.1, -0.05) is 58.4 Å². The topological polar surface area (TPSA) is 66.5 Å². The van der Waals surface area contributed by atoms with E-state index in [9.17, 15) is 17.6 Å². The molecular weight excluding hydrogens is 471 g/mol. The van der Waals surface area contributed by atoms with Gasteiger partial charge in [0.15, 0.2) is 0 Å². The minimum Gasteiger partial charge on any atom is -0.325 e. The number of nitrogens with one attached hydrogen (secondary N) is 1. The van der Waals surface area contributed by atoms with Crippen LogP contribution < -0.4 is 5.32 Å². The fourth-order valence-corrected chi connectivity index (χ4v) is 4.59. The maximum Gasteiger partial charge on any atom is 0.246 e. The summed E-state index contributed by atoms with van der Waals surface area (Å²) in [5.74, 6) is -1.38. The van der Waals surface area contributed by atoms with Crippen molar-refractivity contribution in [2.45, 2.75) is 18.4 Å². The highest BCUT2D eigenvalue weighted by Gasteiger charge is 2.29. The Hall–Kier alpha value is -2.55. The number of benzene rings is 3. The van der Waals surface area contributed by atoms with Crippen LogP contribution in [0.4, 0.5) is 10.1 Å². The Labute approximate surface area is 183 Å². The van der Waals surface area contributed by atoms with Crippen LogP contribution in [0.3, 0.4) is 0 Å². The maximum atomic E-state index is 14.2. The predicted octanol–water partition coefficient (Wildman–Crippen LogP) is 4.73. The van der Waals surface area contributed by atoms with Gasteiger partial charge in [0.2, 0.25) is 15.9 Å². The van der Waals surface area contributed by atoms with Crippen molar-refractivity contribution in [3.05, 3.63) is 94.2 Å². The van der Waals surface area contributed by atoms with E-state index in [1.54, 1.807) is 42.5 Å². The number of aryl methyl sites for hydroxylation is 1. The Bertz CT molecular complexity index is 1150. The van der Waals surface area contributed by atoms with Gasteiger partial charge in [-0.05, 0) is 48.4 Å². The summed E-state index contributed by atoms with van der Waals surface area (Å²) < 4.78 is 42.4. The van der Waals surface area contributed by atoms with E-state index in [4.69, 9.17) is 0 Å². The summed E-state index contributed by atoms with van der Waals surface area (Å²) in [6.07, 6.45) is 0. The highest BCUT2D eigenvalue weighted by molar-refractivity contribution is 9.10. The second-order valence-electron chi connectivity index (χ2n) is 6.70. The molecule has 0 saturated heterocycles. The lowest BCUT2D eigenvalue weighted by Crippen LogP contribution is -2.38. The summed E-state index contributed by atoms with van der Waals surface area (Å²) in [7, 11) is -4.24. The normalized spacial score (nSPS) is 11.5. The molecule has 0 aliphatic carbocycles. The monoisotopic (exact) mass is 490 g/mol. The van der Waals surface area contributed by atoms with Gasteiger partial charge in [0.25, 0.3) is 0 Å². The number of sulfonamides is 1. The summed E-state index contributed by atoms with van der Waals surface area (Å²) in [6, 6.07) is 19.3. The molecule has 0 radical (unpaired) electrons. The van der Waals surface area contributed by atoms with Gasteiger partial charge < -0.3 is 5.32 Å². The van der Waals surface area contributed by atoms with Crippen molar-refractivity contribution in [3.8, 4) is 0 Å². The summed E-state index contributed by atoms with van der Waals surface area (Å²) >= 11 is 3.40. The highest BCUT2D eigenvalue weighted by atomic mass is 79.9. The molecule has 0 fully saturated rings. The molecule has 3 aromatic carbocycles. The number of carbonyl (C=O) groups excluding carboxylic acids is 1. The number of amides is 1. The fraction of sp³-hybridized carbons (Fsp3) is 0.136. The van der Waals surface area contributed by atoms with Crippen LogP contribution in [0.25, 0.3) is 0 Å². The standard InChI is InChI=1S/C22H20BrFN2O3S/c1-16-13-18(11-12-19(16)23)25-22(27)15-26(14-17-7-3-2-4-8-17)30(28,29)21-10-6-5-9-20(21)24/h2-13H,14-15H2,1H3,(H,25,27). The fourth-order valence-electron chi connectivity index (χ4n) is 2.89. The predicted molar refractivity (Wildman–Crippen MR) is 118 cm³/mol. The van der Waals surface area contributed by atoms with Crippen molar-refractivity contribution in [1.29, 1.82) is 0 Å². The zero-order valence-electron chi connectivity index (χ0n) is 16.2. The quantitative estimate of drug-likeness (QED) is 0.520.